The average molecular weight is 148 g/mol. The maximum absolute atomic E-state index is 5.03. The highest BCUT2D eigenvalue weighted by Gasteiger charge is 1.91. The van der Waals surface area contributed by atoms with Crippen molar-refractivity contribution in [2.75, 3.05) is 0 Å². The van der Waals surface area contributed by atoms with Crippen LogP contribution in [0.15, 0.2) is 23.3 Å². The molecule has 0 atom stereocenters. The second-order valence-corrected chi connectivity index (χ2v) is 2.70. The summed E-state index contributed by atoms with van der Waals surface area (Å²) in [5.74, 6) is 5.03. The first-order valence-electron chi connectivity index (χ1n) is 3.54. The maximum atomic E-state index is 5.03. The van der Waals surface area contributed by atoms with Gasteiger partial charge in [-0.2, -0.15) is 5.10 Å². The van der Waals surface area contributed by atoms with Crippen molar-refractivity contribution in [2.45, 2.75) is 13.8 Å². The van der Waals surface area contributed by atoms with Crippen LogP contribution in [-0.2, 0) is 0 Å². The monoisotopic (exact) mass is 148 g/mol. The third-order valence-corrected chi connectivity index (χ3v) is 1.47. The molecule has 1 rings (SSSR count). The van der Waals surface area contributed by atoms with Crippen LogP contribution in [0.3, 0.4) is 0 Å². The summed E-state index contributed by atoms with van der Waals surface area (Å²) in [6.45, 7) is 4.11. The van der Waals surface area contributed by atoms with Gasteiger partial charge in [0.2, 0.25) is 0 Å². The fraction of sp³-hybridized carbons (Fsp3) is 0.222. The van der Waals surface area contributed by atoms with Crippen molar-refractivity contribution in [1.29, 1.82) is 0 Å². The van der Waals surface area contributed by atoms with E-state index in [0.29, 0.717) is 0 Å². The van der Waals surface area contributed by atoms with E-state index < -0.39 is 0 Å². The zero-order valence-corrected chi connectivity index (χ0v) is 6.83. The van der Waals surface area contributed by atoms with Crippen LogP contribution < -0.4 is 5.84 Å². The number of nitrogens with two attached hydrogens (primary N) is 1. The van der Waals surface area contributed by atoms with Gasteiger partial charge in [-0.25, -0.2) is 0 Å². The van der Waals surface area contributed by atoms with Crippen molar-refractivity contribution in [3.8, 4) is 0 Å². The lowest BCUT2D eigenvalue weighted by Crippen LogP contribution is -1.88. The number of hydrogen-bond donors (Lipinski definition) is 1. The summed E-state index contributed by atoms with van der Waals surface area (Å²) >= 11 is 0. The Kier molecular flexibility index (Phi) is 2.26. The van der Waals surface area contributed by atoms with Crippen molar-refractivity contribution >= 4 is 6.21 Å². The Morgan fingerprint density at radius 1 is 1.18 bits per heavy atom. The minimum Gasteiger partial charge on any atom is -0.323 e. The van der Waals surface area contributed by atoms with Crippen LogP contribution in [0, 0.1) is 13.8 Å². The van der Waals surface area contributed by atoms with Gasteiger partial charge >= 0.3 is 0 Å². The molecule has 0 bridgehead atoms. The van der Waals surface area contributed by atoms with Gasteiger partial charge in [-0.1, -0.05) is 29.3 Å². The second-order valence-electron chi connectivity index (χ2n) is 2.70. The third-order valence-electron chi connectivity index (χ3n) is 1.47. The minimum absolute atomic E-state index is 1.06. The first-order chi connectivity index (χ1) is 5.22. The largest absolute Gasteiger partial charge is 0.323 e. The highest BCUT2D eigenvalue weighted by Crippen LogP contribution is 2.06. The van der Waals surface area contributed by atoms with Crippen molar-refractivity contribution < 1.29 is 0 Å². The first-order valence-corrected chi connectivity index (χ1v) is 3.54. The van der Waals surface area contributed by atoms with Gasteiger partial charge in [-0.05, 0) is 19.4 Å². The SMILES string of the molecule is Cc1cc(C)cc(/C=N/N)c1. The van der Waals surface area contributed by atoms with E-state index in [4.69, 9.17) is 5.84 Å². The lowest BCUT2D eigenvalue weighted by Gasteiger charge is -1.97. The van der Waals surface area contributed by atoms with E-state index in [0.717, 1.165) is 5.56 Å². The molecule has 0 aliphatic heterocycles. The molecule has 0 unspecified atom stereocenters. The molecule has 11 heavy (non-hydrogen) atoms. The molecule has 0 spiro atoms. The van der Waals surface area contributed by atoms with Gasteiger partial charge in [-0.15, -0.1) is 0 Å². The number of rotatable bonds is 1. The Morgan fingerprint density at radius 2 is 1.73 bits per heavy atom. The molecule has 2 N–H and O–H groups in total. The lowest BCUT2D eigenvalue weighted by atomic mass is 10.1. The standard InChI is InChI=1S/C9H12N2/c1-7-3-8(2)5-9(4-7)6-11-10/h3-6H,10H2,1-2H3/b11-6+. The predicted octanol–water partition coefficient (Wildman–Crippen LogP) is 1.60. The zero-order valence-electron chi connectivity index (χ0n) is 6.83. The Balaban J connectivity index is 3.08. The van der Waals surface area contributed by atoms with Crippen molar-refractivity contribution in [3.05, 3.63) is 34.9 Å². The van der Waals surface area contributed by atoms with E-state index in [9.17, 15) is 0 Å². The lowest BCUT2D eigenvalue weighted by molar-refractivity contribution is 1.26. The van der Waals surface area contributed by atoms with Crippen LogP contribution in [0.2, 0.25) is 0 Å². The second kappa shape index (κ2) is 3.19. The number of hydrazone groups is 1. The fourth-order valence-corrected chi connectivity index (χ4v) is 1.17. The fourth-order valence-electron chi connectivity index (χ4n) is 1.17. The molecule has 58 valence electrons. The molecule has 1 aromatic carbocycles. The van der Waals surface area contributed by atoms with E-state index in [1.807, 2.05) is 12.1 Å². The van der Waals surface area contributed by atoms with Gasteiger partial charge in [0.25, 0.3) is 0 Å². The molecule has 1 aromatic rings. The molecule has 0 saturated carbocycles. The Morgan fingerprint density at radius 3 is 2.18 bits per heavy atom. The summed E-state index contributed by atoms with van der Waals surface area (Å²) in [7, 11) is 0. The van der Waals surface area contributed by atoms with Crippen LogP contribution in [-0.4, -0.2) is 6.21 Å². The van der Waals surface area contributed by atoms with Crippen LogP contribution in [0.4, 0.5) is 0 Å². The van der Waals surface area contributed by atoms with E-state index in [-0.39, 0.29) is 0 Å². The van der Waals surface area contributed by atoms with Crippen LogP contribution in [0.1, 0.15) is 16.7 Å². The number of aryl methyl sites for hydroxylation is 2. The summed E-state index contributed by atoms with van der Waals surface area (Å²) in [5.41, 5.74) is 3.53. The smallest absolute Gasteiger partial charge is 0.0538 e. The normalized spacial score (nSPS) is 10.7. The van der Waals surface area contributed by atoms with Gasteiger partial charge in [0.1, 0.15) is 0 Å². The topological polar surface area (TPSA) is 38.4 Å². The third kappa shape index (κ3) is 2.08. The summed E-state index contributed by atoms with van der Waals surface area (Å²) in [6, 6.07) is 6.21. The molecule has 0 saturated heterocycles. The average Bonchev–Trinajstić information content (AvgIpc) is 1.85. The Labute approximate surface area is 66.7 Å². The molecule has 0 heterocycles. The molecule has 0 fully saturated rings. The summed E-state index contributed by atoms with van der Waals surface area (Å²) in [5, 5.41) is 3.46. The maximum Gasteiger partial charge on any atom is 0.0538 e. The zero-order chi connectivity index (χ0) is 8.27. The predicted molar refractivity (Wildman–Crippen MR) is 47.7 cm³/mol. The summed E-state index contributed by atoms with van der Waals surface area (Å²) in [6.07, 6.45) is 1.65. The molecule has 2 nitrogen and oxygen atoms in total. The highest BCUT2D eigenvalue weighted by molar-refractivity contribution is 5.79. The summed E-state index contributed by atoms with van der Waals surface area (Å²) in [4.78, 5) is 0. The van der Waals surface area contributed by atoms with E-state index in [1.165, 1.54) is 11.1 Å². The molecule has 0 amide bonds. The van der Waals surface area contributed by atoms with Crippen LogP contribution in [0.25, 0.3) is 0 Å². The molecule has 0 aliphatic rings. The molecule has 0 radical (unpaired) electrons. The molecule has 0 aromatic heterocycles. The van der Waals surface area contributed by atoms with Crippen molar-refractivity contribution in [2.24, 2.45) is 10.9 Å². The van der Waals surface area contributed by atoms with Crippen molar-refractivity contribution in [3.63, 3.8) is 0 Å². The van der Waals surface area contributed by atoms with E-state index in [1.54, 1.807) is 6.21 Å². The van der Waals surface area contributed by atoms with E-state index >= 15 is 0 Å². The van der Waals surface area contributed by atoms with Crippen LogP contribution in [0.5, 0.6) is 0 Å². The quantitative estimate of drug-likeness (QED) is 0.366. The molecule has 2 heteroatoms. The molecule has 0 aliphatic carbocycles. The van der Waals surface area contributed by atoms with Gasteiger partial charge in [0, 0.05) is 0 Å². The van der Waals surface area contributed by atoms with Gasteiger partial charge in [-0.3, -0.25) is 0 Å². The highest BCUT2D eigenvalue weighted by atomic mass is 15.1. The van der Waals surface area contributed by atoms with E-state index in [2.05, 4.69) is 25.0 Å². The molecular weight excluding hydrogens is 136 g/mol. The van der Waals surface area contributed by atoms with Gasteiger partial charge in [0.15, 0.2) is 0 Å². The first kappa shape index (κ1) is 7.79. The van der Waals surface area contributed by atoms with Crippen molar-refractivity contribution in [1.82, 2.24) is 0 Å². The number of benzene rings is 1. The van der Waals surface area contributed by atoms with Gasteiger partial charge < -0.3 is 5.84 Å². The number of hydrogen-bond acceptors (Lipinski definition) is 2. The van der Waals surface area contributed by atoms with Crippen LogP contribution >= 0.6 is 0 Å². The Bertz CT molecular complexity index is 257. The summed E-state index contributed by atoms with van der Waals surface area (Å²) < 4.78 is 0. The Hall–Kier alpha value is -1.31. The van der Waals surface area contributed by atoms with Gasteiger partial charge in [0.05, 0.1) is 6.21 Å². The molecular formula is C9H12N2. The minimum atomic E-state index is 1.06. The number of nitrogens with zero attached hydrogens (tertiary/aromatic N) is 1.